The number of hydrogen-bond donors (Lipinski definition) is 1. The SMILES string of the molecule is CC(C)C[C@H](NC(=O)OC(C)(C)C)C(=O)[C@@]1(CO[Si](C)(C)C(C)(C)C)CO1. The number of nitrogens with one attached hydrogen (secondary N) is 1. The van der Waals surface area contributed by atoms with Crippen molar-refractivity contribution in [2.75, 3.05) is 13.2 Å². The van der Waals surface area contributed by atoms with E-state index in [1.165, 1.54) is 0 Å². The van der Waals surface area contributed by atoms with Crippen molar-refractivity contribution >= 4 is 20.2 Å². The summed E-state index contributed by atoms with van der Waals surface area (Å²) >= 11 is 0. The van der Waals surface area contributed by atoms with Crippen molar-refractivity contribution in [3.8, 4) is 0 Å². The lowest BCUT2D eigenvalue weighted by molar-refractivity contribution is -0.127. The molecular weight excluding hydrogens is 362 g/mol. The maximum Gasteiger partial charge on any atom is 0.408 e. The van der Waals surface area contributed by atoms with Crippen molar-refractivity contribution < 1.29 is 23.5 Å². The van der Waals surface area contributed by atoms with Crippen LogP contribution in [0.15, 0.2) is 0 Å². The molecule has 27 heavy (non-hydrogen) atoms. The summed E-state index contributed by atoms with van der Waals surface area (Å²) < 4.78 is 17.1. The fourth-order valence-corrected chi connectivity index (χ4v) is 3.39. The smallest absolute Gasteiger partial charge is 0.408 e. The molecule has 0 bridgehead atoms. The van der Waals surface area contributed by atoms with Gasteiger partial charge in [0.2, 0.25) is 0 Å². The molecule has 1 amide bonds. The van der Waals surface area contributed by atoms with Gasteiger partial charge in [-0.05, 0) is 51.2 Å². The Balaban J connectivity index is 2.84. The molecule has 0 radical (unpaired) electrons. The normalized spacial score (nSPS) is 21.7. The Morgan fingerprint density at radius 2 is 1.67 bits per heavy atom. The van der Waals surface area contributed by atoms with Crippen LogP contribution in [0.4, 0.5) is 4.79 Å². The van der Waals surface area contributed by atoms with Crippen molar-refractivity contribution in [3.05, 3.63) is 0 Å². The average molecular weight is 402 g/mol. The third-order valence-corrected chi connectivity index (χ3v) is 9.61. The zero-order valence-corrected chi connectivity index (χ0v) is 19.8. The molecule has 0 saturated carbocycles. The van der Waals surface area contributed by atoms with Crippen LogP contribution < -0.4 is 5.32 Å². The van der Waals surface area contributed by atoms with E-state index in [4.69, 9.17) is 13.9 Å². The van der Waals surface area contributed by atoms with Crippen molar-refractivity contribution in [2.45, 2.75) is 97.2 Å². The molecule has 1 rings (SSSR count). The topological polar surface area (TPSA) is 77.2 Å². The first kappa shape index (κ1) is 24.1. The molecule has 1 aliphatic rings. The molecule has 0 aromatic carbocycles. The zero-order chi connectivity index (χ0) is 21.3. The Morgan fingerprint density at radius 3 is 2.04 bits per heavy atom. The second-order valence-corrected chi connectivity index (χ2v) is 15.3. The van der Waals surface area contributed by atoms with E-state index in [9.17, 15) is 9.59 Å². The summed E-state index contributed by atoms with van der Waals surface area (Å²) in [4.78, 5) is 25.4. The highest BCUT2D eigenvalue weighted by molar-refractivity contribution is 6.74. The third-order valence-electron chi connectivity index (χ3n) is 5.13. The van der Waals surface area contributed by atoms with Gasteiger partial charge in [-0.2, -0.15) is 0 Å². The van der Waals surface area contributed by atoms with Crippen LogP contribution in [-0.2, 0) is 18.7 Å². The van der Waals surface area contributed by atoms with Crippen LogP contribution in [0.3, 0.4) is 0 Å². The van der Waals surface area contributed by atoms with Gasteiger partial charge < -0.3 is 19.2 Å². The van der Waals surface area contributed by atoms with Crippen LogP contribution in [0.25, 0.3) is 0 Å². The number of amides is 1. The quantitative estimate of drug-likeness (QED) is 0.485. The molecule has 1 heterocycles. The molecule has 1 aliphatic heterocycles. The summed E-state index contributed by atoms with van der Waals surface area (Å²) in [7, 11) is -2.00. The summed E-state index contributed by atoms with van der Waals surface area (Å²) in [5.41, 5.74) is -1.56. The van der Waals surface area contributed by atoms with E-state index in [0.717, 1.165) is 0 Å². The summed E-state index contributed by atoms with van der Waals surface area (Å²) in [6.45, 7) is 20.8. The lowest BCUT2D eigenvalue weighted by atomic mass is 9.93. The molecule has 0 aliphatic carbocycles. The van der Waals surface area contributed by atoms with Gasteiger partial charge in [-0.15, -0.1) is 0 Å². The molecule has 7 heteroatoms. The Bertz CT molecular complexity index is 542. The Labute approximate surface area is 165 Å². The first-order chi connectivity index (χ1) is 12.0. The van der Waals surface area contributed by atoms with Gasteiger partial charge in [-0.3, -0.25) is 4.79 Å². The largest absolute Gasteiger partial charge is 0.444 e. The highest BCUT2D eigenvalue weighted by atomic mass is 28.4. The van der Waals surface area contributed by atoms with Crippen LogP contribution in [0.2, 0.25) is 18.1 Å². The second kappa shape index (κ2) is 8.21. The molecule has 0 aromatic heterocycles. The van der Waals surface area contributed by atoms with Crippen LogP contribution in [0.5, 0.6) is 0 Å². The zero-order valence-electron chi connectivity index (χ0n) is 18.8. The van der Waals surface area contributed by atoms with Gasteiger partial charge in [0.1, 0.15) is 5.60 Å². The fourth-order valence-electron chi connectivity index (χ4n) is 2.37. The minimum atomic E-state index is -2.00. The highest BCUT2D eigenvalue weighted by Crippen LogP contribution is 2.39. The maximum absolute atomic E-state index is 13.2. The van der Waals surface area contributed by atoms with Crippen molar-refractivity contribution in [1.82, 2.24) is 5.32 Å². The highest BCUT2D eigenvalue weighted by Gasteiger charge is 2.56. The lowest BCUT2D eigenvalue weighted by Crippen LogP contribution is -2.52. The number of Topliss-reactive ketones (excluding diaryl/α,β-unsaturated/α-hetero) is 1. The number of ketones is 1. The van der Waals surface area contributed by atoms with Gasteiger partial charge in [-0.25, -0.2) is 4.79 Å². The average Bonchev–Trinajstić information content (AvgIpc) is 3.21. The summed E-state index contributed by atoms with van der Waals surface area (Å²) in [5, 5.41) is 2.80. The second-order valence-electron chi connectivity index (χ2n) is 10.5. The summed E-state index contributed by atoms with van der Waals surface area (Å²) in [6.07, 6.45) is -0.0499. The Kier molecular flexibility index (Phi) is 7.33. The molecule has 0 aromatic rings. The van der Waals surface area contributed by atoms with Gasteiger partial charge >= 0.3 is 6.09 Å². The molecule has 158 valence electrons. The van der Waals surface area contributed by atoms with Gasteiger partial charge in [0, 0.05) is 0 Å². The molecule has 0 unspecified atom stereocenters. The third kappa shape index (κ3) is 7.20. The molecular formula is C20H39NO5Si. The minimum absolute atomic E-state index is 0.0538. The predicted molar refractivity (Wildman–Crippen MR) is 109 cm³/mol. The Morgan fingerprint density at radius 1 is 1.15 bits per heavy atom. The number of alkyl carbamates (subject to hydrolysis) is 1. The summed E-state index contributed by atoms with van der Waals surface area (Å²) in [5.74, 6) is 0.117. The Hall–Kier alpha value is -0.923. The van der Waals surface area contributed by atoms with E-state index in [1.807, 2.05) is 13.8 Å². The van der Waals surface area contributed by atoms with Crippen LogP contribution in [0, 0.1) is 5.92 Å². The molecule has 6 nitrogen and oxygen atoms in total. The number of carbonyl (C=O) groups excluding carboxylic acids is 2. The van der Waals surface area contributed by atoms with Gasteiger partial charge in [0.15, 0.2) is 19.7 Å². The number of hydrogen-bond acceptors (Lipinski definition) is 5. The lowest BCUT2D eigenvalue weighted by Gasteiger charge is -2.37. The minimum Gasteiger partial charge on any atom is -0.444 e. The van der Waals surface area contributed by atoms with Crippen LogP contribution in [-0.4, -0.2) is 50.7 Å². The maximum atomic E-state index is 13.2. The number of carbonyl (C=O) groups is 2. The predicted octanol–water partition coefficient (Wildman–Crippen LogP) is 4.29. The molecule has 2 atom stereocenters. The van der Waals surface area contributed by atoms with Crippen LogP contribution >= 0.6 is 0 Å². The molecule has 1 fully saturated rings. The summed E-state index contributed by atoms with van der Waals surface area (Å²) in [6, 6.07) is -0.648. The van der Waals surface area contributed by atoms with Gasteiger partial charge in [0.05, 0.1) is 19.3 Å². The van der Waals surface area contributed by atoms with Crippen molar-refractivity contribution in [2.24, 2.45) is 5.92 Å². The van der Waals surface area contributed by atoms with E-state index in [2.05, 4.69) is 39.2 Å². The molecule has 0 spiro atoms. The van der Waals surface area contributed by atoms with Gasteiger partial charge in [-0.1, -0.05) is 34.6 Å². The monoisotopic (exact) mass is 401 g/mol. The number of epoxide rings is 1. The first-order valence-electron chi connectivity index (χ1n) is 9.81. The van der Waals surface area contributed by atoms with Gasteiger partial charge in [0.25, 0.3) is 0 Å². The molecule has 1 N–H and O–H groups in total. The van der Waals surface area contributed by atoms with Crippen molar-refractivity contribution in [1.29, 1.82) is 0 Å². The van der Waals surface area contributed by atoms with Crippen LogP contribution in [0.1, 0.15) is 61.8 Å². The van der Waals surface area contributed by atoms with E-state index < -0.39 is 31.7 Å². The van der Waals surface area contributed by atoms with E-state index >= 15 is 0 Å². The fraction of sp³-hybridized carbons (Fsp3) is 0.900. The first-order valence-corrected chi connectivity index (χ1v) is 12.7. The van der Waals surface area contributed by atoms with E-state index in [1.54, 1.807) is 20.8 Å². The number of rotatable bonds is 8. The standard InChI is InChI=1S/C20H39NO5Si/c1-14(2)11-15(21-17(23)26-18(3,4)5)16(22)20(12-24-20)13-25-27(9,10)19(6,7)8/h14-15H,11-13H2,1-10H3,(H,21,23)/t15-,20-/m0/s1. The van der Waals surface area contributed by atoms with E-state index in [-0.39, 0.29) is 23.3 Å². The van der Waals surface area contributed by atoms with Crippen molar-refractivity contribution in [3.63, 3.8) is 0 Å². The van der Waals surface area contributed by atoms with E-state index in [0.29, 0.717) is 13.0 Å². The number of ether oxygens (including phenoxy) is 2. The molecule has 1 saturated heterocycles.